The molecule has 1 aromatic heterocycles. The van der Waals surface area contributed by atoms with Crippen molar-refractivity contribution >= 4 is 46.3 Å². The zero-order valence-corrected chi connectivity index (χ0v) is 16.6. The summed E-state index contributed by atoms with van der Waals surface area (Å²) in [4.78, 5) is 25.5. The second-order valence-electron chi connectivity index (χ2n) is 7.02. The third-order valence-electron chi connectivity index (χ3n) is 5.07. The number of para-hydroxylation sites is 1. The van der Waals surface area contributed by atoms with Gasteiger partial charge in [-0.25, -0.2) is 4.79 Å². The van der Waals surface area contributed by atoms with Gasteiger partial charge in [0.05, 0.1) is 40.2 Å². The van der Waals surface area contributed by atoms with Crippen molar-refractivity contribution in [1.82, 2.24) is 14.7 Å². The number of hydrogen-bond donors (Lipinski definition) is 2. The third-order valence-corrected chi connectivity index (χ3v) is 8.20. The molecule has 7 nitrogen and oxygen atoms in total. The fraction of sp³-hybridized carbons (Fsp3) is 0.500. The molecule has 0 spiro atoms. The van der Waals surface area contributed by atoms with E-state index in [4.69, 9.17) is 0 Å². The molecule has 2 fully saturated rings. The van der Waals surface area contributed by atoms with Crippen LogP contribution in [0.1, 0.15) is 13.8 Å². The number of carbonyl (C=O) groups is 2. The molecule has 2 saturated heterocycles. The van der Waals surface area contributed by atoms with Crippen LogP contribution in [-0.4, -0.2) is 64.1 Å². The summed E-state index contributed by atoms with van der Waals surface area (Å²) < 4.78 is 1.66. The Morgan fingerprint density at radius 1 is 1.37 bits per heavy atom. The molecule has 2 aromatic rings. The normalized spacial score (nSPS) is 29.4. The Bertz CT molecular complexity index is 886. The van der Waals surface area contributed by atoms with Crippen molar-refractivity contribution in [1.29, 1.82) is 0 Å². The number of nitrogens with zero attached hydrogens (tertiary/aromatic N) is 3. The second kappa shape index (κ2) is 7.03. The summed E-state index contributed by atoms with van der Waals surface area (Å²) in [5, 5.41) is 24.9. The SMILES string of the molecule is CC(O)[C@H]1C(=O)N2C(C(=O)O)[C@@H](S[C@H](C)Cn3ncc4ccccc43)S[C@H]12. The maximum absolute atomic E-state index is 12.3. The highest BCUT2D eigenvalue weighted by Crippen LogP contribution is 2.52. The molecule has 4 rings (SSSR count). The fourth-order valence-corrected chi connectivity index (χ4v) is 7.57. The van der Waals surface area contributed by atoms with E-state index in [1.54, 1.807) is 18.7 Å². The lowest BCUT2D eigenvalue weighted by Gasteiger charge is -2.44. The minimum atomic E-state index is -0.989. The second-order valence-corrected chi connectivity index (χ2v) is 10.2. The standard InChI is InChI=1S/C18H21N3O4S2/c1-9(8-20-12-6-4-3-5-11(12)7-19-20)26-18-14(17(24)25)21-15(23)13(10(2)22)16(21)27-18/h3-7,9-10,13-14,16,18,22H,8H2,1-2H3,(H,24,25)/t9-,10?,13+,14?,16-,18+/m1/s1. The Hall–Kier alpha value is -1.71. The van der Waals surface area contributed by atoms with Gasteiger partial charge in [-0.2, -0.15) is 5.10 Å². The number of carbonyl (C=O) groups excluding carboxylic acids is 1. The molecule has 1 aromatic carbocycles. The highest BCUT2D eigenvalue weighted by molar-refractivity contribution is 8.17. The summed E-state index contributed by atoms with van der Waals surface area (Å²) in [5.41, 5.74) is 1.05. The van der Waals surface area contributed by atoms with Gasteiger partial charge in [-0.1, -0.05) is 25.1 Å². The highest BCUT2D eigenvalue weighted by Gasteiger charge is 2.62. The van der Waals surface area contributed by atoms with E-state index in [1.807, 2.05) is 42.1 Å². The number of amides is 1. The molecule has 2 aliphatic heterocycles. The molecule has 1 amide bonds. The van der Waals surface area contributed by atoms with Gasteiger partial charge in [0.2, 0.25) is 5.91 Å². The number of rotatable bonds is 6. The largest absolute Gasteiger partial charge is 0.480 e. The van der Waals surface area contributed by atoms with E-state index in [0.29, 0.717) is 6.54 Å². The quantitative estimate of drug-likeness (QED) is 0.706. The smallest absolute Gasteiger partial charge is 0.328 e. The Kier molecular flexibility index (Phi) is 4.85. The van der Waals surface area contributed by atoms with Crippen molar-refractivity contribution in [3.05, 3.63) is 30.5 Å². The summed E-state index contributed by atoms with van der Waals surface area (Å²) in [5.74, 6) is -1.76. The van der Waals surface area contributed by atoms with Crippen LogP contribution in [0.2, 0.25) is 0 Å². The maximum atomic E-state index is 12.3. The zero-order valence-electron chi connectivity index (χ0n) is 14.9. The van der Waals surface area contributed by atoms with Crippen LogP contribution in [0.5, 0.6) is 0 Å². The van der Waals surface area contributed by atoms with Crippen molar-refractivity contribution in [2.75, 3.05) is 0 Å². The van der Waals surface area contributed by atoms with Crippen LogP contribution in [-0.2, 0) is 16.1 Å². The first-order valence-electron chi connectivity index (χ1n) is 8.83. The Balaban J connectivity index is 1.48. The third kappa shape index (κ3) is 3.11. The summed E-state index contributed by atoms with van der Waals surface area (Å²) in [7, 11) is 0. The van der Waals surface area contributed by atoms with E-state index < -0.39 is 24.0 Å². The molecule has 0 aliphatic carbocycles. The number of aliphatic carboxylic acids is 1. The number of β-lactam (4-membered cyclic amide) rings is 1. The first kappa shape index (κ1) is 18.6. The Morgan fingerprint density at radius 2 is 2.11 bits per heavy atom. The number of carboxylic acid groups (broad SMARTS) is 1. The average molecular weight is 408 g/mol. The van der Waals surface area contributed by atoms with Crippen molar-refractivity contribution in [2.24, 2.45) is 5.92 Å². The number of carboxylic acids is 1. The zero-order chi connectivity index (χ0) is 19.3. The topological polar surface area (TPSA) is 95.7 Å². The van der Waals surface area contributed by atoms with Crippen LogP contribution in [0.4, 0.5) is 0 Å². The monoisotopic (exact) mass is 407 g/mol. The molecule has 0 saturated carbocycles. The molecule has 0 bridgehead atoms. The summed E-state index contributed by atoms with van der Waals surface area (Å²) in [6.45, 7) is 4.28. The van der Waals surface area contributed by atoms with E-state index >= 15 is 0 Å². The van der Waals surface area contributed by atoms with Gasteiger partial charge in [-0.3, -0.25) is 9.48 Å². The van der Waals surface area contributed by atoms with Gasteiger partial charge in [0.1, 0.15) is 0 Å². The van der Waals surface area contributed by atoms with Gasteiger partial charge in [-0.15, -0.1) is 23.5 Å². The van der Waals surface area contributed by atoms with Gasteiger partial charge in [0.25, 0.3) is 0 Å². The van der Waals surface area contributed by atoms with Crippen LogP contribution in [0.25, 0.3) is 10.9 Å². The summed E-state index contributed by atoms with van der Waals surface area (Å²) in [6.07, 6.45) is 1.06. The molecule has 144 valence electrons. The predicted molar refractivity (Wildman–Crippen MR) is 105 cm³/mol. The van der Waals surface area contributed by atoms with Crippen molar-refractivity contribution in [2.45, 2.75) is 47.7 Å². The lowest BCUT2D eigenvalue weighted by molar-refractivity contribution is -0.166. The number of aliphatic hydroxyl groups is 1. The Morgan fingerprint density at radius 3 is 2.81 bits per heavy atom. The van der Waals surface area contributed by atoms with Gasteiger partial charge < -0.3 is 15.1 Å². The average Bonchev–Trinajstić information content (AvgIpc) is 3.14. The van der Waals surface area contributed by atoms with Gasteiger partial charge in [-0.05, 0) is 13.0 Å². The number of aromatic nitrogens is 2. The summed E-state index contributed by atoms with van der Waals surface area (Å²) in [6, 6.07) is 7.11. The van der Waals surface area contributed by atoms with Crippen LogP contribution in [0.3, 0.4) is 0 Å². The van der Waals surface area contributed by atoms with E-state index in [2.05, 4.69) is 5.10 Å². The molecule has 2 unspecified atom stereocenters. The van der Waals surface area contributed by atoms with Crippen LogP contribution >= 0.6 is 23.5 Å². The molecular weight excluding hydrogens is 386 g/mol. The van der Waals surface area contributed by atoms with E-state index in [9.17, 15) is 19.8 Å². The predicted octanol–water partition coefficient (Wildman–Crippen LogP) is 1.85. The lowest BCUT2D eigenvalue weighted by Crippen LogP contribution is -2.64. The van der Waals surface area contributed by atoms with Gasteiger partial charge in [0.15, 0.2) is 6.04 Å². The molecule has 2 N–H and O–H groups in total. The van der Waals surface area contributed by atoms with Gasteiger partial charge >= 0.3 is 5.97 Å². The van der Waals surface area contributed by atoms with E-state index in [-0.39, 0.29) is 21.1 Å². The number of fused-ring (bicyclic) bond motifs is 2. The van der Waals surface area contributed by atoms with Crippen molar-refractivity contribution < 1.29 is 19.8 Å². The van der Waals surface area contributed by atoms with E-state index in [0.717, 1.165) is 10.9 Å². The fourth-order valence-electron chi connectivity index (χ4n) is 3.77. The van der Waals surface area contributed by atoms with Crippen molar-refractivity contribution in [3.63, 3.8) is 0 Å². The number of aliphatic hydroxyl groups excluding tert-OH is 1. The highest BCUT2D eigenvalue weighted by atomic mass is 32.2. The first-order valence-corrected chi connectivity index (χ1v) is 10.7. The van der Waals surface area contributed by atoms with Crippen LogP contribution in [0, 0.1) is 5.92 Å². The van der Waals surface area contributed by atoms with Crippen LogP contribution < -0.4 is 0 Å². The molecule has 6 atom stereocenters. The molecule has 27 heavy (non-hydrogen) atoms. The number of thioether (sulfide) groups is 2. The lowest BCUT2D eigenvalue weighted by atomic mass is 9.91. The van der Waals surface area contributed by atoms with Crippen LogP contribution in [0.15, 0.2) is 30.5 Å². The van der Waals surface area contributed by atoms with Gasteiger partial charge in [0, 0.05) is 10.6 Å². The number of benzene rings is 1. The first-order chi connectivity index (χ1) is 12.9. The Labute approximate surface area is 165 Å². The number of hydrogen-bond acceptors (Lipinski definition) is 6. The minimum Gasteiger partial charge on any atom is -0.480 e. The molecule has 9 heteroatoms. The maximum Gasteiger partial charge on any atom is 0.328 e. The molecule has 0 radical (unpaired) electrons. The minimum absolute atomic E-state index is 0.117. The molecular formula is C18H21N3O4S2. The summed E-state index contributed by atoms with van der Waals surface area (Å²) >= 11 is 3.04. The van der Waals surface area contributed by atoms with E-state index in [1.165, 1.54) is 16.7 Å². The molecule has 2 aliphatic rings. The van der Waals surface area contributed by atoms with Crippen molar-refractivity contribution in [3.8, 4) is 0 Å². The molecule has 3 heterocycles.